The number of pyridine rings is 3. The average molecular weight is 606 g/mol. The monoisotopic (exact) mass is 605 g/mol. The first kappa shape index (κ1) is 28.7. The Morgan fingerprint density at radius 3 is 2.51 bits per heavy atom. The molecule has 0 spiro atoms. The van der Waals surface area contributed by atoms with Crippen molar-refractivity contribution >= 4 is 21.4 Å². The maximum Gasteiger partial charge on any atom is 0.278 e. The molecule has 4 aromatic heterocycles. The predicted octanol–water partition coefficient (Wildman–Crippen LogP) is 4.64. The highest BCUT2D eigenvalue weighted by molar-refractivity contribution is 7.91. The van der Waals surface area contributed by atoms with E-state index in [1.165, 1.54) is 24.5 Å². The Morgan fingerprint density at radius 1 is 1.07 bits per heavy atom. The van der Waals surface area contributed by atoms with Crippen molar-refractivity contribution in [1.29, 1.82) is 0 Å². The molecule has 1 fully saturated rings. The van der Waals surface area contributed by atoms with Crippen LogP contribution < -0.4 is 10.3 Å². The summed E-state index contributed by atoms with van der Waals surface area (Å²) in [6.45, 7) is 2.70. The fourth-order valence-corrected chi connectivity index (χ4v) is 6.31. The normalized spacial score (nSPS) is 15.2. The molecule has 0 N–H and O–H groups in total. The molecular formula is C27H23ClF3N5O4S. The van der Waals surface area contributed by atoms with Crippen LogP contribution in [0.1, 0.15) is 41.5 Å². The van der Waals surface area contributed by atoms with Crippen LogP contribution in [0, 0.1) is 31.3 Å². The van der Waals surface area contributed by atoms with Crippen molar-refractivity contribution in [2.45, 2.75) is 39.2 Å². The molecule has 0 aromatic carbocycles. The fraction of sp³-hybridized carbons (Fsp3) is 0.296. The first-order valence-electron chi connectivity index (χ1n) is 12.5. The first-order valence-corrected chi connectivity index (χ1v) is 14.7. The minimum absolute atomic E-state index is 0.0323. The Labute approximate surface area is 238 Å². The highest BCUT2D eigenvalue weighted by Crippen LogP contribution is 2.31. The van der Waals surface area contributed by atoms with Crippen LogP contribution in [0.25, 0.3) is 17.1 Å². The first-order chi connectivity index (χ1) is 19.4. The summed E-state index contributed by atoms with van der Waals surface area (Å²) in [6.07, 6.45) is 4.42. The number of halogens is 4. The van der Waals surface area contributed by atoms with Gasteiger partial charge in [0.2, 0.25) is 0 Å². The zero-order valence-electron chi connectivity index (χ0n) is 21.9. The lowest BCUT2D eigenvalue weighted by molar-refractivity contribution is 0.292. The number of nitrogens with zero attached hydrogens (tertiary/aromatic N) is 5. The van der Waals surface area contributed by atoms with Gasteiger partial charge in [0.1, 0.15) is 50.2 Å². The van der Waals surface area contributed by atoms with E-state index >= 15 is 4.39 Å². The van der Waals surface area contributed by atoms with E-state index in [-0.39, 0.29) is 56.7 Å². The molecule has 9 nitrogen and oxygen atoms in total. The van der Waals surface area contributed by atoms with Crippen molar-refractivity contribution < 1.29 is 26.3 Å². The number of aryl methyl sites for hydroxylation is 2. The summed E-state index contributed by atoms with van der Waals surface area (Å²) in [5.74, 6) is -2.41. The zero-order valence-corrected chi connectivity index (χ0v) is 23.4. The average Bonchev–Trinajstić information content (AvgIpc) is 2.92. The van der Waals surface area contributed by atoms with Crippen molar-refractivity contribution in [2.75, 3.05) is 11.5 Å². The maximum absolute atomic E-state index is 16.1. The minimum Gasteiger partial charge on any atom is -0.485 e. The third-order valence-electron chi connectivity index (χ3n) is 6.79. The standard InChI is InChI=1S/C27H23ClF3N5O4S/c1-14-11-34-24(19-3-6-32-26(35-19)16-4-7-41(38,39)8-5-16)23(31)25(14)36-15(2)9-21(22(28)27(36)37)40-13-20-18(30)10-17(29)12-33-20/h3,6,9-12,16H,4-5,7-8,13H2,1-2H3. The summed E-state index contributed by atoms with van der Waals surface area (Å²) < 4.78 is 73.4. The second-order valence-corrected chi connectivity index (χ2v) is 12.3. The molecule has 41 heavy (non-hydrogen) atoms. The van der Waals surface area contributed by atoms with Crippen molar-refractivity contribution in [3.05, 3.63) is 92.4 Å². The van der Waals surface area contributed by atoms with Crippen LogP contribution in [0.4, 0.5) is 13.2 Å². The lowest BCUT2D eigenvalue weighted by atomic mass is 10.0. The molecule has 0 bridgehead atoms. The zero-order chi connectivity index (χ0) is 29.5. The molecule has 1 aliphatic heterocycles. The fourth-order valence-electron chi connectivity index (χ4n) is 4.63. The number of sulfone groups is 1. The van der Waals surface area contributed by atoms with E-state index in [1.54, 1.807) is 13.8 Å². The second-order valence-electron chi connectivity index (χ2n) is 9.65. The van der Waals surface area contributed by atoms with E-state index in [4.69, 9.17) is 16.3 Å². The van der Waals surface area contributed by atoms with Crippen molar-refractivity contribution in [3.63, 3.8) is 0 Å². The number of ether oxygens (including phenoxy) is 1. The predicted molar refractivity (Wildman–Crippen MR) is 144 cm³/mol. The largest absolute Gasteiger partial charge is 0.485 e. The molecule has 4 aromatic rings. The Morgan fingerprint density at radius 2 is 1.80 bits per heavy atom. The van der Waals surface area contributed by atoms with E-state index < -0.39 is 39.5 Å². The van der Waals surface area contributed by atoms with Crippen LogP contribution >= 0.6 is 11.6 Å². The van der Waals surface area contributed by atoms with E-state index in [0.29, 0.717) is 30.3 Å². The highest BCUT2D eigenvalue weighted by Gasteiger charge is 2.28. The summed E-state index contributed by atoms with van der Waals surface area (Å²) in [6, 6.07) is 3.53. The molecule has 0 aliphatic carbocycles. The quantitative estimate of drug-likeness (QED) is 0.312. The van der Waals surface area contributed by atoms with Crippen LogP contribution in [0.15, 0.2) is 41.6 Å². The lowest BCUT2D eigenvalue weighted by Crippen LogP contribution is -2.24. The van der Waals surface area contributed by atoms with Crippen LogP contribution in [0.2, 0.25) is 5.02 Å². The SMILES string of the molecule is Cc1cnc(-c2ccnc(C3CCS(=O)(=O)CC3)n2)c(F)c1-n1c(C)cc(OCc2ncc(F)cc2F)c(Cl)c1=O. The summed E-state index contributed by atoms with van der Waals surface area (Å²) in [7, 11) is -3.08. The summed E-state index contributed by atoms with van der Waals surface area (Å²) in [5, 5.41) is -0.383. The molecule has 14 heteroatoms. The smallest absolute Gasteiger partial charge is 0.278 e. The highest BCUT2D eigenvalue weighted by atomic mass is 35.5. The second kappa shape index (κ2) is 11.2. The van der Waals surface area contributed by atoms with E-state index in [1.807, 2.05) is 0 Å². The van der Waals surface area contributed by atoms with Gasteiger partial charge in [0.05, 0.1) is 29.1 Å². The van der Waals surface area contributed by atoms with Gasteiger partial charge in [-0.1, -0.05) is 11.6 Å². The molecule has 0 saturated carbocycles. The summed E-state index contributed by atoms with van der Waals surface area (Å²) in [5.41, 5.74) is -0.435. The molecule has 5 heterocycles. The van der Waals surface area contributed by atoms with Crippen molar-refractivity contribution in [2.24, 2.45) is 0 Å². The van der Waals surface area contributed by atoms with Crippen molar-refractivity contribution in [3.8, 4) is 22.8 Å². The molecule has 0 radical (unpaired) electrons. The molecule has 5 rings (SSSR count). The van der Waals surface area contributed by atoms with Gasteiger partial charge < -0.3 is 4.74 Å². The molecule has 0 amide bonds. The summed E-state index contributed by atoms with van der Waals surface area (Å²) >= 11 is 6.31. The Balaban J connectivity index is 1.50. The topological polar surface area (TPSA) is 117 Å². The van der Waals surface area contributed by atoms with Crippen molar-refractivity contribution in [1.82, 2.24) is 24.5 Å². The molecule has 1 saturated heterocycles. The van der Waals surface area contributed by atoms with Gasteiger partial charge >= 0.3 is 0 Å². The van der Waals surface area contributed by atoms with Gasteiger partial charge in [-0.25, -0.2) is 31.6 Å². The van der Waals surface area contributed by atoms with Gasteiger partial charge in [-0.2, -0.15) is 0 Å². The third kappa shape index (κ3) is 5.82. The van der Waals surface area contributed by atoms with Crippen LogP contribution in [-0.4, -0.2) is 44.4 Å². The van der Waals surface area contributed by atoms with Gasteiger partial charge in [0.25, 0.3) is 5.56 Å². The molecule has 0 atom stereocenters. The Kier molecular flexibility index (Phi) is 7.84. The van der Waals surface area contributed by atoms with Gasteiger partial charge in [-0.3, -0.25) is 19.3 Å². The van der Waals surface area contributed by atoms with Gasteiger partial charge in [-0.15, -0.1) is 0 Å². The number of hydrogen-bond donors (Lipinski definition) is 0. The Bertz CT molecular complexity index is 1820. The Hall–Kier alpha value is -3.84. The minimum atomic E-state index is -3.08. The third-order valence-corrected chi connectivity index (χ3v) is 8.85. The lowest BCUT2D eigenvalue weighted by Gasteiger charge is -2.21. The van der Waals surface area contributed by atoms with Crippen LogP contribution in [0.3, 0.4) is 0 Å². The van der Waals surface area contributed by atoms with Crippen LogP contribution in [0.5, 0.6) is 5.75 Å². The molecule has 1 aliphatic rings. The number of hydrogen-bond acceptors (Lipinski definition) is 8. The van der Waals surface area contributed by atoms with Crippen LogP contribution in [-0.2, 0) is 16.4 Å². The number of rotatable bonds is 6. The molecule has 0 unspecified atom stereocenters. The molecular weight excluding hydrogens is 583 g/mol. The van der Waals surface area contributed by atoms with Gasteiger partial charge in [-0.05, 0) is 38.3 Å². The summed E-state index contributed by atoms with van der Waals surface area (Å²) in [4.78, 5) is 30.0. The van der Waals surface area contributed by atoms with Gasteiger partial charge in [0.15, 0.2) is 11.6 Å². The van der Waals surface area contributed by atoms with E-state index in [0.717, 1.165) is 10.8 Å². The number of aromatic nitrogens is 5. The van der Waals surface area contributed by atoms with Gasteiger partial charge in [0, 0.05) is 36.1 Å². The van der Waals surface area contributed by atoms with E-state index in [9.17, 15) is 22.0 Å². The van der Waals surface area contributed by atoms with E-state index in [2.05, 4.69) is 19.9 Å². The maximum atomic E-state index is 16.1. The molecule has 214 valence electrons.